The third-order valence-corrected chi connectivity index (χ3v) is 9.18. The Kier molecular flexibility index (Phi) is 9.31. The molecule has 2 N–H and O–H groups in total. The van der Waals surface area contributed by atoms with Gasteiger partial charge in [0.2, 0.25) is 11.8 Å². The Morgan fingerprint density at radius 2 is 1.91 bits per heavy atom. The predicted molar refractivity (Wildman–Crippen MR) is 163 cm³/mol. The summed E-state index contributed by atoms with van der Waals surface area (Å²) in [5.41, 5.74) is 1.30. The number of aliphatic carboxylic acids is 1. The van der Waals surface area contributed by atoms with Crippen molar-refractivity contribution in [2.45, 2.75) is 96.4 Å². The highest BCUT2D eigenvalue weighted by Crippen LogP contribution is 2.38. The average molecular weight is 609 g/mol. The summed E-state index contributed by atoms with van der Waals surface area (Å²) < 4.78 is 17.7. The number of ether oxygens (including phenoxy) is 3. The third kappa shape index (κ3) is 6.76. The van der Waals surface area contributed by atoms with E-state index in [1.54, 1.807) is 13.2 Å². The number of rotatable bonds is 3. The molecule has 3 aliphatic rings. The van der Waals surface area contributed by atoms with E-state index in [9.17, 15) is 19.5 Å². The van der Waals surface area contributed by atoms with Gasteiger partial charge in [0.25, 0.3) is 0 Å². The van der Waals surface area contributed by atoms with E-state index in [4.69, 9.17) is 24.2 Å². The minimum absolute atomic E-state index is 0.0274. The maximum atomic E-state index is 14.0. The summed E-state index contributed by atoms with van der Waals surface area (Å²) >= 11 is 0. The lowest BCUT2D eigenvalue weighted by atomic mass is 9.85. The fourth-order valence-corrected chi connectivity index (χ4v) is 6.75. The first-order valence-electron chi connectivity index (χ1n) is 15.6. The number of carbonyl (C=O) groups is 3. The number of nitrogens with zero attached hydrogens (tertiary/aromatic N) is 3. The summed E-state index contributed by atoms with van der Waals surface area (Å²) in [4.78, 5) is 50.7. The minimum atomic E-state index is -1.14. The van der Waals surface area contributed by atoms with Gasteiger partial charge in [0.05, 0.1) is 24.7 Å². The molecule has 44 heavy (non-hydrogen) atoms. The van der Waals surface area contributed by atoms with Crippen molar-refractivity contribution in [3.05, 3.63) is 36.5 Å². The van der Waals surface area contributed by atoms with Gasteiger partial charge in [-0.1, -0.05) is 39.7 Å². The Morgan fingerprint density at radius 1 is 1.11 bits per heavy atom. The van der Waals surface area contributed by atoms with Crippen LogP contribution in [0.1, 0.15) is 71.4 Å². The lowest BCUT2D eigenvalue weighted by Crippen LogP contribution is -2.57. The standard InChI is InChI=1S/C33H44N4O7/c1-6-19-12-13-20-10-8-7-9-11-24-29(35-25-16-21(42-5)14-15-23(25)34-24)43-22-17-26(31(39)40)37(18-22)30(38)28(33(2,3)4)36-32(41)44-27(19)20/h6,14-16,19-20,22,26-28H,1,7-13,17-18H2,2-5H3,(H,36,41)(H,39,40)/t19-,20-,22-,26+,27-,28-/m1/s1. The molecule has 11 nitrogen and oxygen atoms in total. The molecule has 5 rings (SSSR count). The number of alkyl carbamates (subject to hydrolysis) is 1. The topological polar surface area (TPSA) is 140 Å². The maximum Gasteiger partial charge on any atom is 0.408 e. The van der Waals surface area contributed by atoms with Gasteiger partial charge in [0, 0.05) is 18.4 Å². The highest BCUT2D eigenvalue weighted by atomic mass is 16.6. The quantitative estimate of drug-likeness (QED) is 0.465. The van der Waals surface area contributed by atoms with Crippen molar-refractivity contribution in [1.29, 1.82) is 0 Å². The predicted octanol–water partition coefficient (Wildman–Crippen LogP) is 4.91. The van der Waals surface area contributed by atoms with Gasteiger partial charge in [0.1, 0.15) is 35.7 Å². The molecule has 0 spiro atoms. The van der Waals surface area contributed by atoms with Gasteiger partial charge in [-0.15, -0.1) is 6.58 Å². The molecular weight excluding hydrogens is 564 g/mol. The Labute approximate surface area is 258 Å². The second-order valence-electron chi connectivity index (χ2n) is 13.3. The molecule has 2 bridgehead atoms. The van der Waals surface area contributed by atoms with Gasteiger partial charge < -0.3 is 29.5 Å². The van der Waals surface area contributed by atoms with Gasteiger partial charge in [-0.25, -0.2) is 19.6 Å². The Bertz CT molecular complexity index is 1410. The van der Waals surface area contributed by atoms with Crippen LogP contribution in [0.4, 0.5) is 4.79 Å². The van der Waals surface area contributed by atoms with E-state index in [2.05, 4.69) is 11.9 Å². The van der Waals surface area contributed by atoms with Crippen molar-refractivity contribution in [3.63, 3.8) is 0 Å². The number of hydrogen-bond acceptors (Lipinski definition) is 8. The lowest BCUT2D eigenvalue weighted by molar-refractivity contribution is -0.150. The van der Waals surface area contributed by atoms with Crippen LogP contribution in [-0.4, -0.2) is 75.9 Å². The van der Waals surface area contributed by atoms with Crippen LogP contribution in [0.15, 0.2) is 30.9 Å². The van der Waals surface area contributed by atoms with Gasteiger partial charge in [-0.05, 0) is 55.6 Å². The molecule has 1 saturated heterocycles. The van der Waals surface area contributed by atoms with E-state index < -0.39 is 41.6 Å². The van der Waals surface area contributed by atoms with E-state index in [0.717, 1.165) is 38.5 Å². The number of amides is 2. The third-order valence-electron chi connectivity index (χ3n) is 9.18. The summed E-state index contributed by atoms with van der Waals surface area (Å²) in [6.45, 7) is 9.49. The molecule has 2 fully saturated rings. The SMILES string of the molecule is C=C[C@@H]1CC[C@H]2CCCCCc3nc4ccc(OC)cc4nc3O[C@@H]3C[C@@H](C(=O)O)N(C3)C(=O)[C@H](C(C)(C)C)NC(=O)O[C@@H]21. The van der Waals surface area contributed by atoms with Gasteiger partial charge in [-0.2, -0.15) is 0 Å². The Balaban J connectivity index is 1.50. The van der Waals surface area contributed by atoms with Crippen molar-refractivity contribution >= 4 is 29.0 Å². The zero-order valence-electron chi connectivity index (χ0n) is 26.1. The number of carbonyl (C=O) groups excluding carboxylic acids is 2. The molecule has 1 aromatic carbocycles. The normalized spacial score (nSPS) is 28.5. The number of nitrogens with one attached hydrogen (secondary N) is 1. The van der Waals surface area contributed by atoms with Gasteiger partial charge in [-0.3, -0.25) is 4.79 Å². The number of aromatic nitrogens is 2. The smallest absolute Gasteiger partial charge is 0.408 e. The Morgan fingerprint density at radius 3 is 2.61 bits per heavy atom. The number of fused-ring (bicyclic) bond motifs is 5. The molecule has 1 saturated carbocycles. The number of methoxy groups -OCH3 is 1. The van der Waals surface area contributed by atoms with E-state index in [-0.39, 0.29) is 30.9 Å². The number of carboxylic acid groups (broad SMARTS) is 1. The molecule has 238 valence electrons. The van der Waals surface area contributed by atoms with Crippen LogP contribution in [0.25, 0.3) is 11.0 Å². The Hall–Kier alpha value is -3.89. The minimum Gasteiger partial charge on any atom is -0.497 e. The second kappa shape index (κ2) is 13.0. The number of benzene rings is 1. The number of aryl methyl sites for hydroxylation is 1. The molecule has 1 aliphatic carbocycles. The molecule has 3 heterocycles. The fourth-order valence-electron chi connectivity index (χ4n) is 6.75. The molecular formula is C33H44N4O7. The summed E-state index contributed by atoms with van der Waals surface area (Å²) in [7, 11) is 1.58. The van der Waals surface area contributed by atoms with Gasteiger partial charge >= 0.3 is 12.1 Å². The second-order valence-corrected chi connectivity index (χ2v) is 13.3. The number of carboxylic acids is 1. The molecule has 6 atom stereocenters. The largest absolute Gasteiger partial charge is 0.497 e. The average Bonchev–Trinajstić information content (AvgIpc) is 3.58. The molecule has 1 aromatic heterocycles. The molecule has 2 amide bonds. The lowest BCUT2D eigenvalue weighted by Gasteiger charge is -2.35. The molecule has 2 aliphatic heterocycles. The van der Waals surface area contributed by atoms with Crippen molar-refractivity contribution in [1.82, 2.24) is 20.2 Å². The van der Waals surface area contributed by atoms with E-state index >= 15 is 0 Å². The first-order valence-corrected chi connectivity index (χ1v) is 15.6. The zero-order chi connectivity index (χ0) is 31.6. The molecule has 0 radical (unpaired) electrons. The summed E-state index contributed by atoms with van der Waals surface area (Å²) in [6, 6.07) is 3.35. The van der Waals surface area contributed by atoms with Crippen LogP contribution in [0, 0.1) is 17.3 Å². The monoisotopic (exact) mass is 608 g/mol. The first kappa shape index (κ1) is 31.5. The summed E-state index contributed by atoms with van der Waals surface area (Å²) in [5, 5.41) is 12.9. The highest BCUT2D eigenvalue weighted by molar-refractivity contribution is 5.90. The summed E-state index contributed by atoms with van der Waals surface area (Å²) in [6.07, 6.45) is 6.44. The van der Waals surface area contributed by atoms with Crippen LogP contribution in [0.2, 0.25) is 0 Å². The first-order chi connectivity index (χ1) is 21.0. The van der Waals surface area contributed by atoms with E-state index in [1.807, 2.05) is 39.0 Å². The van der Waals surface area contributed by atoms with Crippen LogP contribution in [0.3, 0.4) is 0 Å². The van der Waals surface area contributed by atoms with Crippen LogP contribution < -0.4 is 14.8 Å². The number of hydrogen-bond donors (Lipinski definition) is 2. The van der Waals surface area contributed by atoms with Crippen molar-refractivity contribution in [3.8, 4) is 11.6 Å². The van der Waals surface area contributed by atoms with Crippen LogP contribution in [0.5, 0.6) is 11.6 Å². The fraction of sp³-hybridized carbons (Fsp3) is 0.606. The zero-order valence-corrected chi connectivity index (χ0v) is 26.1. The molecule has 2 aromatic rings. The molecule has 11 heteroatoms. The van der Waals surface area contributed by atoms with E-state index in [1.165, 1.54) is 4.90 Å². The van der Waals surface area contributed by atoms with Crippen molar-refractivity contribution in [2.24, 2.45) is 17.3 Å². The van der Waals surface area contributed by atoms with Crippen LogP contribution in [-0.2, 0) is 20.7 Å². The van der Waals surface area contributed by atoms with Crippen molar-refractivity contribution in [2.75, 3.05) is 13.7 Å². The highest BCUT2D eigenvalue weighted by Gasteiger charge is 2.47. The van der Waals surface area contributed by atoms with Gasteiger partial charge in [0.15, 0.2) is 0 Å². The maximum absolute atomic E-state index is 14.0. The van der Waals surface area contributed by atoms with Crippen LogP contribution >= 0.6 is 0 Å². The summed E-state index contributed by atoms with van der Waals surface area (Å²) in [5.74, 6) is -0.416. The van der Waals surface area contributed by atoms with E-state index in [0.29, 0.717) is 34.8 Å². The van der Waals surface area contributed by atoms with Crippen molar-refractivity contribution < 1.29 is 33.7 Å². The molecule has 0 unspecified atom stereocenters.